The number of hydrogen-bond acceptors (Lipinski definition) is 6. The van der Waals surface area contributed by atoms with Gasteiger partial charge in [0.15, 0.2) is 6.10 Å². The fraction of sp³-hybridized carbons (Fsp3) is 0.659. The summed E-state index contributed by atoms with van der Waals surface area (Å²) < 4.78 is 26.3. The minimum atomic E-state index is -4.77. The number of carbonyl (C=O) groups excluding carboxylic acids is 2. The van der Waals surface area contributed by atoms with Crippen molar-refractivity contribution in [2.24, 2.45) is 0 Å². The summed E-state index contributed by atoms with van der Waals surface area (Å²) in [5.41, 5.74) is 0. The van der Waals surface area contributed by atoms with Gasteiger partial charge >= 0.3 is 19.8 Å². The number of unbranched alkanes of at least 4 members (excludes halogenated alkanes) is 14. The molecule has 0 aliphatic carbocycles. The quantitative estimate of drug-likeness (QED) is 0.0287. The molecule has 0 spiro atoms. The van der Waals surface area contributed by atoms with Gasteiger partial charge in [-0.15, -0.1) is 6.58 Å². The maximum absolute atomic E-state index is 12.3. The average Bonchev–Trinajstić information content (AvgIpc) is 3.08. The Bertz CT molecular complexity index is 1020. The molecule has 0 aromatic rings. The van der Waals surface area contributed by atoms with Crippen LogP contribution in [0.3, 0.4) is 0 Å². The first kappa shape index (κ1) is 47.5. The van der Waals surface area contributed by atoms with Gasteiger partial charge in [-0.05, 0) is 64.2 Å². The van der Waals surface area contributed by atoms with Gasteiger partial charge in [0, 0.05) is 12.8 Å². The van der Waals surface area contributed by atoms with Gasteiger partial charge in [-0.25, -0.2) is 4.57 Å². The van der Waals surface area contributed by atoms with Crippen LogP contribution in [0.2, 0.25) is 0 Å². The molecule has 0 radical (unpaired) electrons. The second kappa shape index (κ2) is 36.3. The maximum atomic E-state index is 12.3. The Balaban J connectivity index is 4.06. The molecule has 2 N–H and O–H groups in total. The second-order valence-corrected chi connectivity index (χ2v) is 13.8. The summed E-state index contributed by atoms with van der Waals surface area (Å²) in [4.78, 5) is 42.7. The summed E-state index contributed by atoms with van der Waals surface area (Å²) in [6, 6.07) is 0. The van der Waals surface area contributed by atoms with Crippen LogP contribution in [0.1, 0.15) is 155 Å². The lowest BCUT2D eigenvalue weighted by Crippen LogP contribution is -2.29. The van der Waals surface area contributed by atoms with Crippen LogP contribution in [0.5, 0.6) is 0 Å². The van der Waals surface area contributed by atoms with Crippen LogP contribution >= 0.6 is 7.82 Å². The Hall–Kier alpha value is -2.51. The number of rotatable bonds is 35. The molecule has 9 heteroatoms. The summed E-state index contributed by atoms with van der Waals surface area (Å²) in [6.45, 7) is 5.02. The van der Waals surface area contributed by atoms with E-state index in [1.54, 1.807) is 0 Å². The molecular weight excluding hydrogens is 651 g/mol. The highest BCUT2D eigenvalue weighted by Crippen LogP contribution is 2.36. The Labute approximate surface area is 304 Å². The topological polar surface area (TPSA) is 119 Å². The van der Waals surface area contributed by atoms with Gasteiger partial charge < -0.3 is 19.3 Å². The van der Waals surface area contributed by atoms with Gasteiger partial charge in [0.05, 0.1) is 6.61 Å². The Kier molecular flexibility index (Phi) is 34.5. The van der Waals surface area contributed by atoms with Gasteiger partial charge in [0.2, 0.25) is 0 Å². The first-order valence-electron chi connectivity index (χ1n) is 19.2. The van der Waals surface area contributed by atoms with Crippen molar-refractivity contribution in [2.75, 3.05) is 13.2 Å². The molecular formula is C41H69O8P. The van der Waals surface area contributed by atoms with E-state index in [9.17, 15) is 14.2 Å². The zero-order valence-corrected chi connectivity index (χ0v) is 32.0. The van der Waals surface area contributed by atoms with Crippen LogP contribution in [0.4, 0.5) is 0 Å². The third kappa shape index (κ3) is 38.3. The van der Waals surface area contributed by atoms with Crippen molar-refractivity contribution in [1.29, 1.82) is 0 Å². The van der Waals surface area contributed by atoms with E-state index in [4.69, 9.17) is 19.3 Å². The fourth-order valence-corrected chi connectivity index (χ4v) is 5.40. The van der Waals surface area contributed by atoms with Crippen molar-refractivity contribution >= 4 is 19.8 Å². The molecule has 0 fully saturated rings. The number of hydrogen-bond donors (Lipinski definition) is 2. The molecule has 0 aliphatic heterocycles. The molecule has 0 heterocycles. The molecule has 286 valence electrons. The molecule has 1 atom stereocenters. The fourth-order valence-electron chi connectivity index (χ4n) is 5.03. The van der Waals surface area contributed by atoms with Crippen LogP contribution in [-0.4, -0.2) is 41.0 Å². The Morgan fingerprint density at radius 2 is 1.02 bits per heavy atom. The number of phosphoric acid groups is 1. The normalized spacial score (nSPS) is 13.0. The zero-order valence-electron chi connectivity index (χ0n) is 31.1. The van der Waals surface area contributed by atoms with Crippen LogP contribution in [0, 0.1) is 0 Å². The zero-order chi connectivity index (χ0) is 36.8. The molecule has 0 aliphatic rings. The first-order valence-corrected chi connectivity index (χ1v) is 20.7. The predicted octanol–water partition coefficient (Wildman–Crippen LogP) is 11.5. The molecule has 0 aromatic carbocycles. The third-order valence-electron chi connectivity index (χ3n) is 7.86. The van der Waals surface area contributed by atoms with Crippen LogP contribution < -0.4 is 0 Å². The van der Waals surface area contributed by atoms with Gasteiger partial charge in [-0.3, -0.25) is 14.1 Å². The summed E-state index contributed by atoms with van der Waals surface area (Å²) >= 11 is 0. The van der Waals surface area contributed by atoms with E-state index in [1.807, 2.05) is 18.2 Å². The molecule has 0 aromatic heterocycles. The number of esters is 2. The standard InChI is InChI=1S/C41H69O8P/c1-3-5-7-9-11-13-15-17-19-20-22-24-26-28-30-32-34-36-41(43)49-39(38-48-50(44,45)46)37-47-40(42)35-33-31-29-27-25-23-21-18-16-14-12-10-8-6-4-2/h4-5,7,11,13,17,19,22,24,28,30,39H,2-3,6,8-10,12,14-16,18,20-21,23,25-27,29,31-38H2,1H3,(H2,44,45,46)/b7-5+,13-11+,19-17+,24-22+,30-28+/t39-/m1/s1. The largest absolute Gasteiger partial charge is 0.469 e. The minimum absolute atomic E-state index is 0.130. The van der Waals surface area contributed by atoms with E-state index in [2.05, 4.69) is 66.6 Å². The van der Waals surface area contributed by atoms with E-state index in [0.717, 1.165) is 57.8 Å². The maximum Gasteiger partial charge on any atom is 0.469 e. The van der Waals surface area contributed by atoms with Crippen molar-refractivity contribution in [2.45, 2.75) is 161 Å². The first-order chi connectivity index (χ1) is 24.3. The number of allylic oxidation sites excluding steroid dienone is 11. The Morgan fingerprint density at radius 3 is 1.50 bits per heavy atom. The SMILES string of the molecule is C=CCCCCCCCCCCCCCCCC(=O)OC[C@H](COP(=O)(O)O)OC(=O)CCC/C=C/C/C=C/C/C=C/C/C=C/C/C=C/CC. The van der Waals surface area contributed by atoms with E-state index < -0.39 is 32.5 Å². The molecule has 8 nitrogen and oxygen atoms in total. The summed E-state index contributed by atoms with van der Waals surface area (Å²) in [6.07, 6.45) is 45.2. The van der Waals surface area contributed by atoms with Gasteiger partial charge in [0.25, 0.3) is 0 Å². The lowest BCUT2D eigenvalue weighted by Gasteiger charge is -2.18. The molecule has 0 bridgehead atoms. The average molecular weight is 721 g/mol. The van der Waals surface area contributed by atoms with Gasteiger partial charge in [-0.2, -0.15) is 0 Å². The number of ether oxygens (including phenoxy) is 2. The van der Waals surface area contributed by atoms with E-state index in [-0.39, 0.29) is 19.4 Å². The van der Waals surface area contributed by atoms with Crippen molar-refractivity contribution in [3.05, 3.63) is 73.4 Å². The summed E-state index contributed by atoms with van der Waals surface area (Å²) in [5, 5.41) is 0. The van der Waals surface area contributed by atoms with Crippen molar-refractivity contribution < 1.29 is 37.9 Å². The lowest BCUT2D eigenvalue weighted by molar-refractivity contribution is -0.161. The molecule has 0 unspecified atom stereocenters. The third-order valence-corrected chi connectivity index (χ3v) is 8.34. The molecule has 0 saturated heterocycles. The monoisotopic (exact) mass is 720 g/mol. The Morgan fingerprint density at radius 1 is 0.580 bits per heavy atom. The van der Waals surface area contributed by atoms with Gasteiger partial charge in [0.1, 0.15) is 6.61 Å². The van der Waals surface area contributed by atoms with E-state index in [1.165, 1.54) is 57.8 Å². The smallest absolute Gasteiger partial charge is 0.462 e. The molecule has 50 heavy (non-hydrogen) atoms. The summed E-state index contributed by atoms with van der Waals surface area (Å²) in [7, 11) is -4.77. The summed E-state index contributed by atoms with van der Waals surface area (Å²) in [5.74, 6) is -0.961. The van der Waals surface area contributed by atoms with Gasteiger partial charge in [-0.1, -0.05) is 144 Å². The van der Waals surface area contributed by atoms with Crippen molar-refractivity contribution in [3.8, 4) is 0 Å². The molecule has 0 saturated carbocycles. The predicted molar refractivity (Wildman–Crippen MR) is 207 cm³/mol. The van der Waals surface area contributed by atoms with Crippen LogP contribution in [-0.2, 0) is 28.2 Å². The molecule has 0 amide bonds. The highest BCUT2D eigenvalue weighted by atomic mass is 31.2. The van der Waals surface area contributed by atoms with E-state index in [0.29, 0.717) is 19.3 Å². The van der Waals surface area contributed by atoms with Crippen LogP contribution in [0.25, 0.3) is 0 Å². The van der Waals surface area contributed by atoms with Crippen molar-refractivity contribution in [1.82, 2.24) is 0 Å². The van der Waals surface area contributed by atoms with Crippen LogP contribution in [0.15, 0.2) is 73.4 Å². The second-order valence-electron chi connectivity index (χ2n) is 12.6. The molecule has 0 rings (SSSR count). The van der Waals surface area contributed by atoms with E-state index >= 15 is 0 Å². The highest BCUT2D eigenvalue weighted by Gasteiger charge is 2.22. The highest BCUT2D eigenvalue weighted by molar-refractivity contribution is 7.46. The number of carbonyl (C=O) groups is 2. The number of phosphoric ester groups is 1. The lowest BCUT2D eigenvalue weighted by atomic mass is 10.0. The minimum Gasteiger partial charge on any atom is -0.462 e. The van der Waals surface area contributed by atoms with Crippen molar-refractivity contribution in [3.63, 3.8) is 0 Å².